The van der Waals surface area contributed by atoms with Gasteiger partial charge in [-0.15, -0.1) is 0 Å². The van der Waals surface area contributed by atoms with Crippen LogP contribution in [0.25, 0.3) is 0 Å². The number of halogens is 4. The zero-order valence-electron chi connectivity index (χ0n) is 17.8. The van der Waals surface area contributed by atoms with E-state index in [0.717, 1.165) is 16.7 Å². The quantitative estimate of drug-likeness (QED) is 0.319. The summed E-state index contributed by atoms with van der Waals surface area (Å²) in [6.45, 7) is 4.03. The van der Waals surface area contributed by atoms with Gasteiger partial charge in [-0.2, -0.15) is 0 Å². The zero-order valence-corrected chi connectivity index (χ0v) is 20.0. The molecule has 0 aliphatic carbocycles. The van der Waals surface area contributed by atoms with Crippen LogP contribution in [0.4, 0.5) is 4.39 Å². The molecule has 1 aliphatic heterocycles. The van der Waals surface area contributed by atoms with Crippen LogP contribution in [0.15, 0.2) is 53.8 Å². The number of carbonyl (C=O) groups excluding carboxylic acids is 1. The van der Waals surface area contributed by atoms with E-state index in [1.54, 1.807) is 18.3 Å². The minimum atomic E-state index is -0.840. The minimum absolute atomic E-state index is 0.0728. The fourth-order valence-corrected chi connectivity index (χ4v) is 4.20. The number of nitrogens with one attached hydrogen (secondary N) is 1. The molecule has 0 fully saturated rings. The maximum atomic E-state index is 13.8. The number of hydrogen-bond donors (Lipinski definition) is 1. The van der Waals surface area contributed by atoms with Crippen LogP contribution >= 0.6 is 34.8 Å². The number of pyridine rings is 1. The van der Waals surface area contributed by atoms with Crippen molar-refractivity contribution in [3.05, 3.63) is 97.5 Å². The fraction of sp³-hybridized carbons (Fsp3) is 0.208. The Bertz CT molecular complexity index is 1240. The highest BCUT2D eigenvalue weighted by molar-refractivity contribution is 6.35. The van der Waals surface area contributed by atoms with E-state index < -0.39 is 11.4 Å². The van der Waals surface area contributed by atoms with Crippen molar-refractivity contribution < 1.29 is 14.0 Å². The molecule has 5 nitrogen and oxygen atoms in total. The van der Waals surface area contributed by atoms with Crippen LogP contribution in [0.2, 0.25) is 15.2 Å². The summed E-state index contributed by atoms with van der Waals surface area (Å²) in [5, 5.41) is 7.37. The summed E-state index contributed by atoms with van der Waals surface area (Å²) in [4.78, 5) is 22.4. The third-order valence-electron chi connectivity index (χ3n) is 5.50. The minimum Gasteiger partial charge on any atom is -0.384 e. The van der Waals surface area contributed by atoms with E-state index in [-0.39, 0.29) is 16.0 Å². The maximum Gasteiger partial charge on any atom is 0.251 e. The normalized spacial score (nSPS) is 17.5. The van der Waals surface area contributed by atoms with Gasteiger partial charge < -0.3 is 10.2 Å². The van der Waals surface area contributed by atoms with Gasteiger partial charge in [0.05, 0.1) is 15.8 Å². The number of benzene rings is 2. The lowest BCUT2D eigenvalue weighted by Crippen LogP contribution is -2.24. The van der Waals surface area contributed by atoms with Gasteiger partial charge in [-0.05, 0) is 60.9 Å². The van der Waals surface area contributed by atoms with E-state index in [1.807, 2.05) is 32.0 Å². The van der Waals surface area contributed by atoms with Gasteiger partial charge in [0, 0.05) is 30.3 Å². The van der Waals surface area contributed by atoms with Gasteiger partial charge in [0.2, 0.25) is 0 Å². The van der Waals surface area contributed by atoms with Crippen LogP contribution in [0.5, 0.6) is 0 Å². The molecule has 4 rings (SSSR count). The molecule has 9 heteroatoms. The Labute approximate surface area is 205 Å². The highest BCUT2D eigenvalue weighted by Crippen LogP contribution is 2.39. The lowest BCUT2D eigenvalue weighted by Gasteiger charge is -2.22. The van der Waals surface area contributed by atoms with E-state index in [4.69, 9.17) is 39.6 Å². The standard InChI is InChI=1S/C24H19Cl3FN3O2/c1-13-7-15(4-5-17(13)23(32)30-12-14-3-6-21(27)29-11-14)20-10-24(2,33-31-20)16-8-18(25)22(28)19(26)9-16/h3-9,11H,10,12H2,1-2H3,(H,30,32). The number of carbonyl (C=O) groups is 1. The molecule has 2 heterocycles. The third kappa shape index (κ3) is 4.98. The molecule has 1 N–H and O–H groups in total. The first-order chi connectivity index (χ1) is 15.7. The molecule has 33 heavy (non-hydrogen) atoms. The Morgan fingerprint density at radius 2 is 1.88 bits per heavy atom. The number of aromatic nitrogens is 1. The molecule has 1 atom stereocenters. The molecule has 2 aromatic carbocycles. The molecule has 1 unspecified atom stereocenters. The number of oxime groups is 1. The third-order valence-corrected chi connectivity index (χ3v) is 6.28. The van der Waals surface area contributed by atoms with Gasteiger partial charge in [0.15, 0.2) is 11.4 Å². The first-order valence-electron chi connectivity index (χ1n) is 10.1. The van der Waals surface area contributed by atoms with Crippen LogP contribution in [-0.2, 0) is 17.0 Å². The Morgan fingerprint density at radius 3 is 2.52 bits per heavy atom. The van der Waals surface area contributed by atoms with Crippen molar-refractivity contribution in [2.24, 2.45) is 5.16 Å². The molecule has 1 amide bonds. The Balaban J connectivity index is 1.47. The topological polar surface area (TPSA) is 63.6 Å². The van der Waals surface area contributed by atoms with Gasteiger partial charge in [-0.25, -0.2) is 9.37 Å². The van der Waals surface area contributed by atoms with Gasteiger partial charge >= 0.3 is 0 Å². The Morgan fingerprint density at radius 1 is 1.15 bits per heavy atom. The van der Waals surface area contributed by atoms with Crippen LogP contribution in [-0.4, -0.2) is 16.6 Å². The van der Waals surface area contributed by atoms with Crippen LogP contribution in [0, 0.1) is 12.7 Å². The molecule has 3 aromatic rings. The number of amides is 1. The average Bonchev–Trinajstić information content (AvgIpc) is 3.20. The number of nitrogens with zero attached hydrogens (tertiary/aromatic N) is 2. The second kappa shape index (κ2) is 9.29. The van der Waals surface area contributed by atoms with E-state index in [0.29, 0.717) is 35.0 Å². The molecular weight excluding hydrogens is 488 g/mol. The molecular formula is C24H19Cl3FN3O2. The molecule has 170 valence electrons. The first-order valence-corrected chi connectivity index (χ1v) is 11.2. The molecule has 1 aliphatic rings. The molecule has 1 aromatic heterocycles. The SMILES string of the molecule is Cc1cc(C2=NOC(C)(c3cc(Cl)c(F)c(Cl)c3)C2)ccc1C(=O)NCc1ccc(Cl)nc1. The van der Waals surface area contributed by atoms with Crippen molar-refractivity contribution in [3.8, 4) is 0 Å². The predicted molar refractivity (Wildman–Crippen MR) is 128 cm³/mol. The zero-order chi connectivity index (χ0) is 23.8. The molecule has 0 saturated carbocycles. The van der Waals surface area contributed by atoms with Gasteiger partial charge in [-0.1, -0.05) is 52.1 Å². The molecule has 0 radical (unpaired) electrons. The van der Waals surface area contributed by atoms with Gasteiger partial charge in [0.25, 0.3) is 5.91 Å². The lowest BCUT2D eigenvalue weighted by molar-refractivity contribution is -0.00741. The largest absolute Gasteiger partial charge is 0.384 e. The summed E-state index contributed by atoms with van der Waals surface area (Å²) in [5.41, 5.74) is 3.52. The fourth-order valence-electron chi connectivity index (χ4n) is 3.60. The highest BCUT2D eigenvalue weighted by Gasteiger charge is 2.37. The van der Waals surface area contributed by atoms with E-state index in [2.05, 4.69) is 15.5 Å². The first kappa shape index (κ1) is 23.5. The van der Waals surface area contributed by atoms with Crippen molar-refractivity contribution >= 4 is 46.4 Å². The van der Waals surface area contributed by atoms with Crippen molar-refractivity contribution in [1.29, 1.82) is 0 Å². The lowest BCUT2D eigenvalue weighted by atomic mass is 9.88. The monoisotopic (exact) mass is 505 g/mol. The molecule has 0 spiro atoms. The number of aryl methyl sites for hydroxylation is 1. The number of rotatable bonds is 5. The summed E-state index contributed by atoms with van der Waals surface area (Å²) >= 11 is 17.7. The van der Waals surface area contributed by atoms with Crippen molar-refractivity contribution in [2.45, 2.75) is 32.4 Å². The van der Waals surface area contributed by atoms with Crippen LogP contribution in [0.3, 0.4) is 0 Å². The molecule has 0 bridgehead atoms. The summed E-state index contributed by atoms with van der Waals surface area (Å²) < 4.78 is 13.8. The predicted octanol–water partition coefficient (Wildman–Crippen LogP) is 6.46. The van der Waals surface area contributed by atoms with Crippen molar-refractivity contribution in [3.63, 3.8) is 0 Å². The summed E-state index contributed by atoms with van der Waals surface area (Å²) in [6, 6.07) is 11.9. The van der Waals surface area contributed by atoms with Gasteiger partial charge in [0.1, 0.15) is 5.15 Å². The van der Waals surface area contributed by atoms with Crippen LogP contribution in [0.1, 0.15) is 46.0 Å². The van der Waals surface area contributed by atoms with E-state index in [1.165, 1.54) is 12.1 Å². The van der Waals surface area contributed by atoms with Crippen molar-refractivity contribution in [2.75, 3.05) is 0 Å². The summed E-state index contributed by atoms with van der Waals surface area (Å²) in [5.74, 6) is -0.860. The Hall–Kier alpha value is -2.67. The summed E-state index contributed by atoms with van der Waals surface area (Å²) in [7, 11) is 0. The second-order valence-corrected chi connectivity index (χ2v) is 9.19. The second-order valence-electron chi connectivity index (χ2n) is 7.99. The number of hydrogen-bond acceptors (Lipinski definition) is 4. The highest BCUT2D eigenvalue weighted by atomic mass is 35.5. The van der Waals surface area contributed by atoms with Crippen LogP contribution < -0.4 is 5.32 Å². The van der Waals surface area contributed by atoms with Crippen molar-refractivity contribution in [1.82, 2.24) is 10.3 Å². The average molecular weight is 507 g/mol. The van der Waals surface area contributed by atoms with E-state index >= 15 is 0 Å². The maximum absolute atomic E-state index is 13.8. The molecule has 0 saturated heterocycles. The summed E-state index contributed by atoms with van der Waals surface area (Å²) in [6.07, 6.45) is 2.05. The van der Waals surface area contributed by atoms with Gasteiger partial charge in [-0.3, -0.25) is 4.79 Å². The van der Waals surface area contributed by atoms with E-state index in [9.17, 15) is 9.18 Å². The Kier molecular flexibility index (Phi) is 6.61. The smallest absolute Gasteiger partial charge is 0.251 e.